The van der Waals surface area contributed by atoms with Crippen LogP contribution < -0.4 is 5.32 Å². The van der Waals surface area contributed by atoms with Crippen molar-refractivity contribution in [1.82, 2.24) is 5.32 Å². The summed E-state index contributed by atoms with van der Waals surface area (Å²) < 4.78 is 22.4. The van der Waals surface area contributed by atoms with Crippen molar-refractivity contribution in [3.63, 3.8) is 0 Å². The third-order valence-corrected chi connectivity index (χ3v) is 4.66. The van der Waals surface area contributed by atoms with Crippen molar-refractivity contribution in [2.24, 2.45) is 11.8 Å². The summed E-state index contributed by atoms with van der Waals surface area (Å²) in [6.07, 6.45) is 1.93. The molecule has 0 bridgehead atoms. The lowest BCUT2D eigenvalue weighted by Gasteiger charge is -2.21. The molecular weight excluding hydrogens is 226 g/mol. The maximum atomic E-state index is 11.7. The summed E-state index contributed by atoms with van der Waals surface area (Å²) in [5.74, 6) is 0.822. The van der Waals surface area contributed by atoms with Crippen LogP contribution in [0.25, 0.3) is 0 Å². The summed E-state index contributed by atoms with van der Waals surface area (Å²) in [4.78, 5) is 11.7. The first kappa shape index (κ1) is 13.5. The van der Waals surface area contributed by atoms with E-state index in [9.17, 15) is 13.2 Å². The van der Waals surface area contributed by atoms with Crippen LogP contribution >= 0.6 is 0 Å². The van der Waals surface area contributed by atoms with Gasteiger partial charge in [0.2, 0.25) is 5.91 Å². The van der Waals surface area contributed by atoms with Crippen molar-refractivity contribution in [3.8, 4) is 0 Å². The first-order valence-electron chi connectivity index (χ1n) is 5.89. The largest absolute Gasteiger partial charge is 0.356 e. The normalized spacial score (nSPS) is 20.9. The lowest BCUT2D eigenvalue weighted by Crippen LogP contribution is -2.36. The van der Waals surface area contributed by atoms with E-state index in [2.05, 4.69) is 19.2 Å². The van der Waals surface area contributed by atoms with Gasteiger partial charge in [0, 0.05) is 12.5 Å². The van der Waals surface area contributed by atoms with Crippen LogP contribution in [0.3, 0.4) is 0 Å². The fraction of sp³-hybridized carbons (Fsp3) is 0.909. The fourth-order valence-corrected chi connectivity index (χ4v) is 3.27. The molecule has 0 radical (unpaired) electrons. The molecule has 0 atom stereocenters. The molecule has 1 heterocycles. The minimum atomic E-state index is -2.86. The molecule has 1 aliphatic heterocycles. The molecule has 94 valence electrons. The number of hydrogen-bond donors (Lipinski definition) is 1. The van der Waals surface area contributed by atoms with Crippen LogP contribution in [0.15, 0.2) is 0 Å². The standard InChI is InChI=1S/C11H21NO3S/c1-9(2)3-6-12-11(13)10-4-7-16(14,15)8-5-10/h9-10H,3-8H2,1-2H3,(H,12,13). The summed E-state index contributed by atoms with van der Waals surface area (Å²) >= 11 is 0. The minimum absolute atomic E-state index is 0.0237. The molecule has 16 heavy (non-hydrogen) atoms. The van der Waals surface area contributed by atoms with Gasteiger partial charge in [-0.1, -0.05) is 13.8 Å². The number of rotatable bonds is 4. The van der Waals surface area contributed by atoms with Crippen molar-refractivity contribution in [2.75, 3.05) is 18.1 Å². The zero-order valence-electron chi connectivity index (χ0n) is 10.0. The first-order valence-corrected chi connectivity index (χ1v) is 7.71. The Bertz CT molecular complexity index is 321. The van der Waals surface area contributed by atoms with Crippen molar-refractivity contribution in [3.05, 3.63) is 0 Å². The highest BCUT2D eigenvalue weighted by atomic mass is 32.2. The lowest BCUT2D eigenvalue weighted by atomic mass is 10.0. The van der Waals surface area contributed by atoms with Gasteiger partial charge >= 0.3 is 0 Å². The van der Waals surface area contributed by atoms with Gasteiger partial charge in [-0.15, -0.1) is 0 Å². The van der Waals surface area contributed by atoms with Gasteiger partial charge in [-0.05, 0) is 25.2 Å². The van der Waals surface area contributed by atoms with Crippen LogP contribution in [0, 0.1) is 11.8 Å². The van der Waals surface area contributed by atoms with E-state index < -0.39 is 9.84 Å². The molecule has 4 nitrogen and oxygen atoms in total. The van der Waals surface area contributed by atoms with Gasteiger partial charge in [0.25, 0.3) is 0 Å². The predicted octanol–water partition coefficient (Wildman–Crippen LogP) is 0.974. The molecule has 5 heteroatoms. The van der Waals surface area contributed by atoms with Crippen LogP contribution in [0.5, 0.6) is 0 Å². The maximum Gasteiger partial charge on any atom is 0.223 e. The van der Waals surface area contributed by atoms with Crippen LogP contribution in [0.4, 0.5) is 0 Å². The van der Waals surface area contributed by atoms with E-state index in [-0.39, 0.29) is 23.3 Å². The smallest absolute Gasteiger partial charge is 0.223 e. The quantitative estimate of drug-likeness (QED) is 0.805. The molecule has 0 aromatic carbocycles. The Morgan fingerprint density at radius 2 is 1.88 bits per heavy atom. The Morgan fingerprint density at radius 1 is 1.31 bits per heavy atom. The second-order valence-corrected chi connectivity index (χ2v) is 7.20. The van der Waals surface area contributed by atoms with Gasteiger partial charge in [-0.2, -0.15) is 0 Å². The van der Waals surface area contributed by atoms with Crippen molar-refractivity contribution in [2.45, 2.75) is 33.1 Å². The third-order valence-electron chi connectivity index (χ3n) is 2.95. The second kappa shape index (κ2) is 5.66. The van der Waals surface area contributed by atoms with Crippen LogP contribution in [-0.4, -0.2) is 32.4 Å². The minimum Gasteiger partial charge on any atom is -0.356 e. The highest BCUT2D eigenvalue weighted by Crippen LogP contribution is 2.18. The SMILES string of the molecule is CC(C)CCNC(=O)C1CCS(=O)(=O)CC1. The number of nitrogens with one attached hydrogen (secondary N) is 1. The lowest BCUT2D eigenvalue weighted by molar-refractivity contribution is -0.125. The highest BCUT2D eigenvalue weighted by molar-refractivity contribution is 7.91. The van der Waals surface area contributed by atoms with Gasteiger partial charge in [0.05, 0.1) is 11.5 Å². The topological polar surface area (TPSA) is 63.2 Å². The molecule has 1 amide bonds. The zero-order valence-corrected chi connectivity index (χ0v) is 10.8. The second-order valence-electron chi connectivity index (χ2n) is 4.90. The summed E-state index contributed by atoms with van der Waals surface area (Å²) in [5.41, 5.74) is 0. The Hall–Kier alpha value is -0.580. The highest BCUT2D eigenvalue weighted by Gasteiger charge is 2.27. The summed E-state index contributed by atoms with van der Waals surface area (Å²) in [6.45, 7) is 4.92. The first-order chi connectivity index (χ1) is 7.41. The Balaban J connectivity index is 2.28. The van der Waals surface area contributed by atoms with E-state index in [4.69, 9.17) is 0 Å². The van der Waals surface area contributed by atoms with Gasteiger partial charge < -0.3 is 5.32 Å². The monoisotopic (exact) mass is 247 g/mol. The van der Waals surface area contributed by atoms with E-state index in [1.54, 1.807) is 0 Å². The molecule has 1 aliphatic rings. The van der Waals surface area contributed by atoms with Crippen molar-refractivity contribution >= 4 is 15.7 Å². The summed E-state index contributed by atoms with van der Waals surface area (Å²) in [5, 5.41) is 2.88. The van der Waals surface area contributed by atoms with Crippen LogP contribution in [0.2, 0.25) is 0 Å². The number of hydrogen-bond acceptors (Lipinski definition) is 3. The fourth-order valence-electron chi connectivity index (χ4n) is 1.78. The van der Waals surface area contributed by atoms with E-state index in [1.807, 2.05) is 0 Å². The Morgan fingerprint density at radius 3 is 2.38 bits per heavy atom. The average molecular weight is 247 g/mol. The van der Waals surface area contributed by atoms with E-state index in [1.165, 1.54) is 0 Å². The molecule has 0 aromatic heterocycles. The number of carbonyl (C=O) groups is 1. The van der Waals surface area contributed by atoms with E-state index in [0.717, 1.165) is 6.42 Å². The maximum absolute atomic E-state index is 11.7. The number of sulfone groups is 1. The predicted molar refractivity (Wildman–Crippen MR) is 63.8 cm³/mol. The molecule has 1 saturated heterocycles. The molecule has 0 saturated carbocycles. The average Bonchev–Trinajstić information content (AvgIpc) is 2.16. The van der Waals surface area contributed by atoms with Gasteiger partial charge in [0.1, 0.15) is 9.84 Å². The van der Waals surface area contributed by atoms with Crippen LogP contribution in [0.1, 0.15) is 33.1 Å². The summed E-state index contributed by atoms with van der Waals surface area (Å²) in [7, 11) is -2.86. The van der Waals surface area contributed by atoms with Crippen LogP contribution in [-0.2, 0) is 14.6 Å². The molecule has 1 N–H and O–H groups in total. The van der Waals surface area contributed by atoms with E-state index in [0.29, 0.717) is 25.3 Å². The van der Waals surface area contributed by atoms with Gasteiger partial charge in [-0.25, -0.2) is 8.42 Å². The molecule has 0 aromatic rings. The Labute approximate surface area is 97.7 Å². The number of amides is 1. The number of carbonyl (C=O) groups excluding carboxylic acids is 1. The molecule has 0 aliphatic carbocycles. The van der Waals surface area contributed by atoms with Gasteiger partial charge in [0.15, 0.2) is 0 Å². The summed E-state index contributed by atoms with van der Waals surface area (Å²) in [6, 6.07) is 0. The Kier molecular flexibility index (Phi) is 4.77. The van der Waals surface area contributed by atoms with Gasteiger partial charge in [-0.3, -0.25) is 4.79 Å². The molecular formula is C11H21NO3S. The zero-order chi connectivity index (χ0) is 12.2. The van der Waals surface area contributed by atoms with Crippen molar-refractivity contribution < 1.29 is 13.2 Å². The van der Waals surface area contributed by atoms with E-state index >= 15 is 0 Å². The molecule has 1 fully saturated rings. The molecule has 0 unspecified atom stereocenters. The third kappa shape index (κ3) is 4.51. The molecule has 1 rings (SSSR count). The van der Waals surface area contributed by atoms with Crippen molar-refractivity contribution in [1.29, 1.82) is 0 Å². The molecule has 0 spiro atoms.